The molecule has 74 valence electrons. The summed E-state index contributed by atoms with van der Waals surface area (Å²) in [7, 11) is 0. The van der Waals surface area contributed by atoms with Gasteiger partial charge in [-0.1, -0.05) is 36.8 Å². The zero-order valence-corrected chi connectivity index (χ0v) is 8.32. The molecule has 0 aliphatic heterocycles. The highest BCUT2D eigenvalue weighted by atomic mass is 16.3. The van der Waals surface area contributed by atoms with Gasteiger partial charge >= 0.3 is 0 Å². The molecule has 0 amide bonds. The zero-order valence-electron chi connectivity index (χ0n) is 8.32. The molecule has 3 rings (SSSR count). The lowest BCUT2D eigenvalue weighted by Crippen LogP contribution is -2.31. The maximum Gasteiger partial charge on any atom is 0.0639 e. The summed E-state index contributed by atoms with van der Waals surface area (Å²) in [5.74, 6) is 0.758. The maximum atomic E-state index is 10.1. The molecule has 1 N–H and O–H groups in total. The summed E-state index contributed by atoms with van der Waals surface area (Å²) in [6, 6.07) is 10.6. The molecule has 3 atom stereocenters. The molecule has 0 spiro atoms. The van der Waals surface area contributed by atoms with E-state index in [2.05, 4.69) is 24.3 Å². The second kappa shape index (κ2) is 2.83. The molecule has 1 heteroatoms. The van der Waals surface area contributed by atoms with E-state index in [1.54, 1.807) is 0 Å². The summed E-state index contributed by atoms with van der Waals surface area (Å²) >= 11 is 0. The zero-order chi connectivity index (χ0) is 9.60. The third kappa shape index (κ3) is 0.992. The van der Waals surface area contributed by atoms with Crippen molar-refractivity contribution < 1.29 is 5.11 Å². The highest BCUT2D eigenvalue weighted by Crippen LogP contribution is 2.62. The Kier molecular flexibility index (Phi) is 1.72. The van der Waals surface area contributed by atoms with Crippen LogP contribution in [0.1, 0.15) is 31.2 Å². The van der Waals surface area contributed by atoms with E-state index >= 15 is 0 Å². The average molecular weight is 188 g/mol. The second-order valence-corrected chi connectivity index (χ2v) is 4.75. The van der Waals surface area contributed by atoms with Crippen LogP contribution in [0.4, 0.5) is 0 Å². The number of hydrogen-bond acceptors (Lipinski definition) is 1. The number of benzene rings is 1. The van der Waals surface area contributed by atoms with E-state index in [0.29, 0.717) is 0 Å². The maximum absolute atomic E-state index is 10.1. The van der Waals surface area contributed by atoms with Gasteiger partial charge in [0.15, 0.2) is 0 Å². The van der Waals surface area contributed by atoms with Crippen LogP contribution in [0.25, 0.3) is 0 Å². The van der Waals surface area contributed by atoms with Crippen molar-refractivity contribution >= 4 is 0 Å². The van der Waals surface area contributed by atoms with Gasteiger partial charge in [0.25, 0.3) is 0 Å². The molecular formula is C13H16O. The van der Waals surface area contributed by atoms with Crippen LogP contribution in [-0.2, 0) is 5.41 Å². The normalized spacial score (nSPS) is 40.4. The second-order valence-electron chi connectivity index (χ2n) is 4.75. The predicted octanol–water partition coefficient (Wildman–Crippen LogP) is 2.49. The first kappa shape index (κ1) is 8.49. The molecule has 0 heterocycles. The lowest BCUT2D eigenvalue weighted by Gasteiger charge is -2.28. The summed E-state index contributed by atoms with van der Waals surface area (Å²) < 4.78 is 0. The molecule has 2 saturated carbocycles. The minimum Gasteiger partial charge on any atom is -0.392 e. The van der Waals surface area contributed by atoms with Crippen LogP contribution in [0.15, 0.2) is 30.3 Å². The van der Waals surface area contributed by atoms with E-state index in [4.69, 9.17) is 0 Å². The molecule has 0 bridgehead atoms. The highest BCUT2D eigenvalue weighted by Gasteiger charge is 2.60. The fourth-order valence-electron chi connectivity index (χ4n) is 3.23. The van der Waals surface area contributed by atoms with Gasteiger partial charge in [-0.05, 0) is 30.7 Å². The minimum absolute atomic E-state index is 0.0938. The number of aliphatic hydroxyl groups excluding tert-OH is 1. The van der Waals surface area contributed by atoms with Gasteiger partial charge < -0.3 is 5.11 Å². The van der Waals surface area contributed by atoms with Crippen LogP contribution in [0.5, 0.6) is 0 Å². The summed E-state index contributed by atoms with van der Waals surface area (Å²) in [6.45, 7) is 0. The lowest BCUT2D eigenvalue weighted by molar-refractivity contribution is 0.0945. The van der Waals surface area contributed by atoms with E-state index in [1.165, 1.54) is 24.8 Å². The number of fused-ring (bicyclic) bond motifs is 1. The third-order valence-electron chi connectivity index (χ3n) is 4.09. The van der Waals surface area contributed by atoms with E-state index in [-0.39, 0.29) is 11.5 Å². The summed E-state index contributed by atoms with van der Waals surface area (Å²) in [5.41, 5.74) is 1.51. The Morgan fingerprint density at radius 3 is 2.64 bits per heavy atom. The molecule has 0 saturated heterocycles. The van der Waals surface area contributed by atoms with Gasteiger partial charge in [-0.15, -0.1) is 0 Å². The molecule has 2 aliphatic rings. The molecule has 1 aromatic carbocycles. The van der Waals surface area contributed by atoms with Crippen LogP contribution in [0.3, 0.4) is 0 Å². The Morgan fingerprint density at radius 1 is 1.14 bits per heavy atom. The molecule has 0 aromatic heterocycles. The van der Waals surface area contributed by atoms with E-state index < -0.39 is 0 Å². The Bertz CT molecular complexity index is 332. The van der Waals surface area contributed by atoms with Gasteiger partial charge in [-0.2, -0.15) is 0 Å². The van der Waals surface area contributed by atoms with Crippen LogP contribution >= 0.6 is 0 Å². The SMILES string of the molecule is O[C@@H]1CCC[C@@H]2C[C@@]21c1ccccc1. The first-order valence-electron chi connectivity index (χ1n) is 5.57. The first-order chi connectivity index (χ1) is 6.84. The minimum atomic E-state index is -0.0938. The van der Waals surface area contributed by atoms with Crippen molar-refractivity contribution in [2.75, 3.05) is 0 Å². The van der Waals surface area contributed by atoms with Crippen molar-refractivity contribution in [3.8, 4) is 0 Å². The highest BCUT2D eigenvalue weighted by molar-refractivity contribution is 5.36. The molecular weight excluding hydrogens is 172 g/mol. The Morgan fingerprint density at radius 2 is 1.93 bits per heavy atom. The number of hydrogen-bond donors (Lipinski definition) is 1. The van der Waals surface area contributed by atoms with E-state index in [0.717, 1.165) is 12.3 Å². The summed E-state index contributed by atoms with van der Waals surface area (Å²) in [6.07, 6.45) is 4.62. The molecule has 1 aromatic rings. The molecule has 2 fully saturated rings. The van der Waals surface area contributed by atoms with Gasteiger partial charge in [-0.25, -0.2) is 0 Å². The monoisotopic (exact) mass is 188 g/mol. The smallest absolute Gasteiger partial charge is 0.0639 e. The van der Waals surface area contributed by atoms with E-state index in [9.17, 15) is 5.11 Å². The predicted molar refractivity (Wildman–Crippen MR) is 56.1 cm³/mol. The van der Waals surface area contributed by atoms with E-state index in [1.807, 2.05) is 6.07 Å². The fraction of sp³-hybridized carbons (Fsp3) is 0.538. The molecule has 0 unspecified atom stereocenters. The Hall–Kier alpha value is -0.820. The molecule has 1 nitrogen and oxygen atoms in total. The summed E-state index contributed by atoms with van der Waals surface area (Å²) in [4.78, 5) is 0. The Labute approximate surface area is 84.8 Å². The van der Waals surface area contributed by atoms with Crippen LogP contribution in [0, 0.1) is 5.92 Å². The van der Waals surface area contributed by atoms with Crippen molar-refractivity contribution in [2.45, 2.75) is 37.2 Å². The number of rotatable bonds is 1. The van der Waals surface area contributed by atoms with Gasteiger partial charge in [0, 0.05) is 5.41 Å². The first-order valence-corrected chi connectivity index (χ1v) is 5.57. The molecule has 14 heavy (non-hydrogen) atoms. The standard InChI is InChI=1S/C13H16O/c14-12-8-4-7-11-9-13(11,12)10-5-2-1-3-6-10/h1-3,5-6,11-12,14H,4,7-9H2/t11-,12-,13-/m1/s1. The van der Waals surface area contributed by atoms with Crippen molar-refractivity contribution in [3.05, 3.63) is 35.9 Å². The quantitative estimate of drug-likeness (QED) is 0.718. The van der Waals surface area contributed by atoms with Crippen molar-refractivity contribution in [2.24, 2.45) is 5.92 Å². The third-order valence-corrected chi connectivity index (χ3v) is 4.09. The van der Waals surface area contributed by atoms with Gasteiger partial charge in [0.1, 0.15) is 0 Å². The van der Waals surface area contributed by atoms with Crippen LogP contribution < -0.4 is 0 Å². The van der Waals surface area contributed by atoms with Gasteiger partial charge in [0.2, 0.25) is 0 Å². The lowest BCUT2D eigenvalue weighted by atomic mass is 9.80. The Balaban J connectivity index is 1.98. The van der Waals surface area contributed by atoms with Gasteiger partial charge in [-0.3, -0.25) is 0 Å². The average Bonchev–Trinajstić information content (AvgIpc) is 2.96. The summed E-state index contributed by atoms with van der Waals surface area (Å²) in [5, 5.41) is 10.1. The topological polar surface area (TPSA) is 20.2 Å². The van der Waals surface area contributed by atoms with Gasteiger partial charge in [0.05, 0.1) is 6.10 Å². The number of aliphatic hydroxyl groups is 1. The van der Waals surface area contributed by atoms with Crippen molar-refractivity contribution in [3.63, 3.8) is 0 Å². The molecule has 2 aliphatic carbocycles. The van der Waals surface area contributed by atoms with Crippen molar-refractivity contribution in [1.82, 2.24) is 0 Å². The van der Waals surface area contributed by atoms with Crippen molar-refractivity contribution in [1.29, 1.82) is 0 Å². The molecule has 0 radical (unpaired) electrons. The van der Waals surface area contributed by atoms with Crippen LogP contribution in [0.2, 0.25) is 0 Å². The van der Waals surface area contributed by atoms with Crippen LogP contribution in [-0.4, -0.2) is 11.2 Å². The fourth-order valence-corrected chi connectivity index (χ4v) is 3.23. The largest absolute Gasteiger partial charge is 0.392 e.